The highest BCUT2D eigenvalue weighted by Crippen LogP contribution is 2.11. The summed E-state index contributed by atoms with van der Waals surface area (Å²) in [6.07, 6.45) is 3.32. The number of anilines is 1. The number of aromatic nitrogens is 1. The molecule has 1 aromatic heterocycles. The van der Waals surface area contributed by atoms with Gasteiger partial charge >= 0.3 is 0 Å². The van der Waals surface area contributed by atoms with Crippen LogP contribution in [0.15, 0.2) is 12.1 Å². The van der Waals surface area contributed by atoms with Crippen molar-refractivity contribution in [3.63, 3.8) is 0 Å². The molecule has 4 N–H and O–H groups in total. The quantitative estimate of drug-likeness (QED) is 0.529. The maximum Gasteiger partial charge on any atom is 0.251 e. The summed E-state index contributed by atoms with van der Waals surface area (Å²) < 4.78 is 0. The van der Waals surface area contributed by atoms with Gasteiger partial charge in [-0.3, -0.25) is 4.79 Å². The van der Waals surface area contributed by atoms with Crippen molar-refractivity contribution >= 4 is 11.7 Å². The Morgan fingerprint density at radius 2 is 2.00 bits per heavy atom. The van der Waals surface area contributed by atoms with Gasteiger partial charge in [-0.1, -0.05) is 26.7 Å². The number of aryl methyl sites for hydroxylation is 1. The molecule has 5 nitrogen and oxygen atoms in total. The van der Waals surface area contributed by atoms with Crippen LogP contribution in [-0.4, -0.2) is 16.9 Å². The molecule has 0 aliphatic heterocycles. The van der Waals surface area contributed by atoms with Gasteiger partial charge in [-0.05, 0) is 38.3 Å². The second-order valence-electron chi connectivity index (χ2n) is 5.73. The lowest BCUT2D eigenvalue weighted by molar-refractivity contribution is 0.0937. The molecule has 0 aliphatic carbocycles. The summed E-state index contributed by atoms with van der Waals surface area (Å²) in [4.78, 5) is 16.3. The van der Waals surface area contributed by atoms with Crippen LogP contribution in [0.3, 0.4) is 0 Å². The Hall–Kier alpha value is -1.62. The first-order chi connectivity index (χ1) is 9.42. The lowest BCUT2D eigenvalue weighted by Crippen LogP contribution is -2.32. The molecule has 0 radical (unpaired) electrons. The third-order valence-electron chi connectivity index (χ3n) is 3.16. The highest BCUT2D eigenvalue weighted by molar-refractivity contribution is 5.95. The van der Waals surface area contributed by atoms with E-state index in [0.29, 0.717) is 17.3 Å². The van der Waals surface area contributed by atoms with Crippen LogP contribution in [0, 0.1) is 12.8 Å². The molecule has 0 saturated carbocycles. The largest absolute Gasteiger partial charge is 0.350 e. The molecule has 1 unspecified atom stereocenters. The smallest absolute Gasteiger partial charge is 0.251 e. The van der Waals surface area contributed by atoms with E-state index in [-0.39, 0.29) is 11.9 Å². The number of amides is 1. The van der Waals surface area contributed by atoms with Gasteiger partial charge in [-0.25, -0.2) is 10.8 Å². The molecule has 1 rings (SSSR count). The molecule has 5 heteroatoms. The van der Waals surface area contributed by atoms with E-state index >= 15 is 0 Å². The molecule has 20 heavy (non-hydrogen) atoms. The third-order valence-corrected chi connectivity index (χ3v) is 3.16. The lowest BCUT2D eigenvalue weighted by atomic mass is 10.0. The summed E-state index contributed by atoms with van der Waals surface area (Å²) in [6.45, 7) is 8.30. The fraction of sp³-hybridized carbons (Fsp3) is 0.600. The average Bonchev–Trinajstić information content (AvgIpc) is 2.37. The summed E-state index contributed by atoms with van der Waals surface area (Å²) in [5.41, 5.74) is 3.82. The first kappa shape index (κ1) is 16.4. The van der Waals surface area contributed by atoms with Gasteiger partial charge in [-0.15, -0.1) is 0 Å². The van der Waals surface area contributed by atoms with Gasteiger partial charge in [0.1, 0.15) is 5.82 Å². The maximum atomic E-state index is 12.2. The van der Waals surface area contributed by atoms with Gasteiger partial charge in [-0.2, -0.15) is 0 Å². The second kappa shape index (κ2) is 7.85. The Labute approximate surface area is 121 Å². The fourth-order valence-corrected chi connectivity index (χ4v) is 2.09. The number of hydrogen-bond donors (Lipinski definition) is 3. The van der Waals surface area contributed by atoms with Crippen molar-refractivity contribution in [2.24, 2.45) is 11.8 Å². The number of carbonyl (C=O) groups is 1. The van der Waals surface area contributed by atoms with Crippen LogP contribution >= 0.6 is 0 Å². The molecular formula is C15H26N4O. The standard InChI is InChI=1S/C15H26N4O/c1-10(2)6-5-7-11(3)18-15(20)13-8-12(4)17-14(9-13)19-16/h8-11H,5-7,16H2,1-4H3,(H,17,19)(H,18,20). The lowest BCUT2D eigenvalue weighted by Gasteiger charge is -2.15. The molecular weight excluding hydrogens is 252 g/mol. The normalized spacial score (nSPS) is 12.3. The van der Waals surface area contributed by atoms with E-state index in [1.165, 1.54) is 6.42 Å². The summed E-state index contributed by atoms with van der Waals surface area (Å²) in [7, 11) is 0. The zero-order chi connectivity index (χ0) is 15.1. The van der Waals surface area contributed by atoms with Gasteiger partial charge in [0.25, 0.3) is 5.91 Å². The molecule has 0 bridgehead atoms. The van der Waals surface area contributed by atoms with Crippen molar-refractivity contribution < 1.29 is 4.79 Å². The highest BCUT2D eigenvalue weighted by atomic mass is 16.1. The Balaban J connectivity index is 2.55. The summed E-state index contributed by atoms with van der Waals surface area (Å²) in [6, 6.07) is 3.59. The molecule has 0 spiro atoms. The van der Waals surface area contributed by atoms with Crippen molar-refractivity contribution in [3.8, 4) is 0 Å². The first-order valence-corrected chi connectivity index (χ1v) is 7.18. The van der Waals surface area contributed by atoms with Crippen molar-refractivity contribution in [1.29, 1.82) is 0 Å². The van der Waals surface area contributed by atoms with Crippen molar-refractivity contribution in [1.82, 2.24) is 10.3 Å². The number of nitrogens with one attached hydrogen (secondary N) is 2. The zero-order valence-corrected chi connectivity index (χ0v) is 12.9. The van der Waals surface area contributed by atoms with E-state index in [4.69, 9.17) is 5.84 Å². The molecule has 0 aromatic carbocycles. The number of hydrogen-bond acceptors (Lipinski definition) is 4. The molecule has 1 aromatic rings. The number of nitrogens with two attached hydrogens (primary N) is 1. The number of nitrogen functional groups attached to an aromatic ring is 1. The maximum absolute atomic E-state index is 12.2. The van der Waals surface area contributed by atoms with Crippen LogP contribution in [-0.2, 0) is 0 Å². The molecule has 1 amide bonds. The second-order valence-corrected chi connectivity index (χ2v) is 5.73. The van der Waals surface area contributed by atoms with Crippen LogP contribution in [0.2, 0.25) is 0 Å². The van der Waals surface area contributed by atoms with Gasteiger partial charge in [0.15, 0.2) is 0 Å². The van der Waals surface area contributed by atoms with Crippen LogP contribution in [0.4, 0.5) is 5.82 Å². The number of carbonyl (C=O) groups excluding carboxylic acids is 1. The van der Waals surface area contributed by atoms with Gasteiger partial charge in [0, 0.05) is 17.3 Å². The van der Waals surface area contributed by atoms with E-state index in [1.807, 2.05) is 13.8 Å². The van der Waals surface area contributed by atoms with Gasteiger partial charge < -0.3 is 10.7 Å². The summed E-state index contributed by atoms with van der Waals surface area (Å²) >= 11 is 0. The van der Waals surface area contributed by atoms with E-state index in [1.54, 1.807) is 12.1 Å². The SMILES string of the molecule is Cc1cc(C(=O)NC(C)CCCC(C)C)cc(NN)n1. The average molecular weight is 278 g/mol. The van der Waals surface area contributed by atoms with Crippen molar-refractivity contribution in [2.45, 2.75) is 53.0 Å². The first-order valence-electron chi connectivity index (χ1n) is 7.18. The third kappa shape index (κ3) is 5.57. The Morgan fingerprint density at radius 3 is 2.60 bits per heavy atom. The Bertz CT molecular complexity index is 445. The number of nitrogens with zero attached hydrogens (tertiary/aromatic N) is 1. The minimum atomic E-state index is -0.0796. The fourth-order valence-electron chi connectivity index (χ4n) is 2.09. The van der Waals surface area contributed by atoms with Gasteiger partial charge in [0.2, 0.25) is 0 Å². The minimum absolute atomic E-state index is 0.0796. The highest BCUT2D eigenvalue weighted by Gasteiger charge is 2.11. The van der Waals surface area contributed by atoms with Crippen molar-refractivity contribution in [2.75, 3.05) is 5.43 Å². The summed E-state index contributed by atoms with van der Waals surface area (Å²) in [5, 5.41) is 3.01. The molecule has 0 aliphatic rings. The van der Waals surface area contributed by atoms with E-state index in [9.17, 15) is 4.79 Å². The molecule has 1 heterocycles. The molecule has 0 saturated heterocycles. The van der Waals surface area contributed by atoms with Crippen LogP contribution in [0.5, 0.6) is 0 Å². The molecule has 0 fully saturated rings. The Morgan fingerprint density at radius 1 is 1.30 bits per heavy atom. The predicted molar refractivity (Wildman–Crippen MR) is 82.4 cm³/mol. The van der Waals surface area contributed by atoms with Crippen LogP contribution < -0.4 is 16.6 Å². The Kier molecular flexibility index (Phi) is 6.45. The van der Waals surface area contributed by atoms with Gasteiger partial charge in [0.05, 0.1) is 0 Å². The number of rotatable bonds is 7. The topological polar surface area (TPSA) is 80.0 Å². The zero-order valence-electron chi connectivity index (χ0n) is 12.9. The summed E-state index contributed by atoms with van der Waals surface area (Å²) in [5.74, 6) is 6.47. The molecule has 112 valence electrons. The predicted octanol–water partition coefficient (Wildman–Crippen LogP) is 2.62. The van der Waals surface area contributed by atoms with Crippen LogP contribution in [0.25, 0.3) is 0 Å². The van der Waals surface area contributed by atoms with E-state index in [2.05, 4.69) is 29.6 Å². The van der Waals surface area contributed by atoms with E-state index in [0.717, 1.165) is 18.5 Å². The van der Waals surface area contributed by atoms with Crippen LogP contribution in [0.1, 0.15) is 56.1 Å². The molecule has 1 atom stereocenters. The van der Waals surface area contributed by atoms with Crippen molar-refractivity contribution in [3.05, 3.63) is 23.4 Å². The minimum Gasteiger partial charge on any atom is -0.350 e. The number of pyridine rings is 1. The number of hydrazine groups is 1. The monoisotopic (exact) mass is 278 g/mol. The van der Waals surface area contributed by atoms with E-state index < -0.39 is 0 Å².